The lowest BCUT2D eigenvalue weighted by Gasteiger charge is -2.11. The molecule has 1 aliphatic heterocycles. The molecule has 0 amide bonds. The molecule has 1 nitrogen and oxygen atoms in total. The highest BCUT2D eigenvalue weighted by Gasteiger charge is 2.22. The van der Waals surface area contributed by atoms with Crippen LogP contribution in [0.15, 0.2) is 53.4 Å². The Hall–Kier alpha value is -0.680. The Morgan fingerprint density at radius 1 is 1.17 bits per heavy atom. The first-order valence-electron chi connectivity index (χ1n) is 5.94. The maximum atomic E-state index is 5.88. The Labute approximate surface area is 125 Å². The zero-order valence-electron chi connectivity index (χ0n) is 9.80. The summed E-state index contributed by atoms with van der Waals surface area (Å²) in [7, 11) is 0. The molecule has 0 bridgehead atoms. The maximum absolute atomic E-state index is 5.88. The molecule has 92 valence electrons. The Balaban J connectivity index is 1.60. The molecule has 2 aromatic rings. The van der Waals surface area contributed by atoms with Crippen LogP contribution in [0.3, 0.4) is 0 Å². The highest BCUT2D eigenvalue weighted by Crippen LogP contribution is 2.36. The lowest BCUT2D eigenvalue weighted by Crippen LogP contribution is -2.13. The van der Waals surface area contributed by atoms with Crippen LogP contribution in [0.2, 0.25) is 0 Å². The van der Waals surface area contributed by atoms with E-state index >= 15 is 0 Å². The molecule has 0 saturated carbocycles. The van der Waals surface area contributed by atoms with E-state index in [4.69, 9.17) is 4.74 Å². The first-order chi connectivity index (χ1) is 8.81. The first kappa shape index (κ1) is 12.4. The monoisotopic (exact) mass is 368 g/mol. The molecule has 0 aromatic heterocycles. The summed E-state index contributed by atoms with van der Waals surface area (Å²) in [5.41, 5.74) is 1.46. The molecule has 1 atom stereocenters. The van der Waals surface area contributed by atoms with Crippen LogP contribution in [-0.2, 0) is 6.42 Å². The largest absolute Gasteiger partial charge is 0.492 e. The van der Waals surface area contributed by atoms with E-state index in [0.717, 1.165) is 18.8 Å². The van der Waals surface area contributed by atoms with Gasteiger partial charge in [-0.2, -0.15) is 0 Å². The second-order valence-electron chi connectivity index (χ2n) is 4.32. The van der Waals surface area contributed by atoms with Crippen molar-refractivity contribution in [1.82, 2.24) is 0 Å². The number of hydrogen-bond donors (Lipinski definition) is 0. The Morgan fingerprint density at radius 2 is 2.06 bits per heavy atom. The predicted octanol–water partition coefficient (Wildman–Crippen LogP) is 4.39. The number of benzene rings is 2. The highest BCUT2D eigenvalue weighted by atomic mass is 127. The molecule has 1 aliphatic rings. The van der Waals surface area contributed by atoms with Gasteiger partial charge in [0, 0.05) is 13.7 Å². The van der Waals surface area contributed by atoms with E-state index in [2.05, 4.69) is 59.0 Å². The zero-order chi connectivity index (χ0) is 12.4. The maximum Gasteiger partial charge on any atom is 0.120 e. The summed E-state index contributed by atoms with van der Waals surface area (Å²) in [6.07, 6.45) is 1.12. The first-order valence-corrected chi connectivity index (χ1v) is 7.90. The normalized spacial score (nSPS) is 17.5. The van der Waals surface area contributed by atoms with E-state index in [9.17, 15) is 0 Å². The number of fused-ring (bicyclic) bond motifs is 1. The number of hydrogen-bond acceptors (Lipinski definition) is 2. The lowest BCUT2D eigenvalue weighted by molar-refractivity contribution is 0.317. The van der Waals surface area contributed by atoms with Crippen LogP contribution in [0.4, 0.5) is 0 Å². The van der Waals surface area contributed by atoms with Crippen molar-refractivity contribution in [1.29, 1.82) is 0 Å². The fourth-order valence-electron chi connectivity index (χ4n) is 2.09. The van der Waals surface area contributed by atoms with Crippen LogP contribution in [0, 0.1) is 3.57 Å². The van der Waals surface area contributed by atoms with Gasteiger partial charge in [-0.05, 0) is 58.8 Å². The van der Waals surface area contributed by atoms with Crippen molar-refractivity contribution in [3.8, 4) is 5.75 Å². The van der Waals surface area contributed by atoms with E-state index in [1.165, 1.54) is 14.0 Å². The van der Waals surface area contributed by atoms with Crippen molar-refractivity contribution in [3.05, 3.63) is 57.7 Å². The van der Waals surface area contributed by atoms with Gasteiger partial charge in [-0.25, -0.2) is 0 Å². The summed E-state index contributed by atoms with van der Waals surface area (Å²) in [6, 6.07) is 16.8. The summed E-state index contributed by atoms with van der Waals surface area (Å²) in [5, 5.41) is 0.542. The number of ether oxygens (including phenoxy) is 1. The zero-order valence-corrected chi connectivity index (χ0v) is 12.8. The van der Waals surface area contributed by atoms with Crippen molar-refractivity contribution < 1.29 is 4.74 Å². The van der Waals surface area contributed by atoms with Gasteiger partial charge in [0.2, 0.25) is 0 Å². The molecule has 0 aliphatic carbocycles. The van der Waals surface area contributed by atoms with E-state index < -0.39 is 0 Å². The minimum atomic E-state index is 0.542. The SMILES string of the molecule is Ic1cccc(OCC2Cc3ccccc3S2)c1. The molecule has 1 heterocycles. The molecule has 3 rings (SSSR count). The summed E-state index contributed by atoms with van der Waals surface area (Å²) in [6.45, 7) is 0.777. The Morgan fingerprint density at radius 3 is 2.89 bits per heavy atom. The van der Waals surface area contributed by atoms with Gasteiger partial charge in [0.15, 0.2) is 0 Å². The Bertz CT molecular complexity index is 531. The van der Waals surface area contributed by atoms with Gasteiger partial charge in [-0.1, -0.05) is 24.3 Å². The third-order valence-electron chi connectivity index (χ3n) is 2.95. The molecule has 18 heavy (non-hydrogen) atoms. The summed E-state index contributed by atoms with van der Waals surface area (Å²) in [5.74, 6) is 0.971. The lowest BCUT2D eigenvalue weighted by atomic mass is 10.1. The van der Waals surface area contributed by atoms with Crippen LogP contribution in [-0.4, -0.2) is 11.9 Å². The van der Waals surface area contributed by atoms with E-state index in [0.29, 0.717) is 5.25 Å². The van der Waals surface area contributed by atoms with Crippen LogP contribution in [0.25, 0.3) is 0 Å². The van der Waals surface area contributed by atoms with Crippen LogP contribution < -0.4 is 4.74 Å². The molecule has 0 saturated heterocycles. The van der Waals surface area contributed by atoms with Crippen LogP contribution in [0.1, 0.15) is 5.56 Å². The van der Waals surface area contributed by atoms with Crippen molar-refractivity contribution >= 4 is 34.4 Å². The van der Waals surface area contributed by atoms with Gasteiger partial charge in [0.1, 0.15) is 12.4 Å². The molecular formula is C15H13IOS. The number of halogens is 1. The van der Waals surface area contributed by atoms with Crippen LogP contribution in [0.5, 0.6) is 5.75 Å². The smallest absolute Gasteiger partial charge is 0.120 e. The second kappa shape index (κ2) is 5.53. The third-order valence-corrected chi connectivity index (χ3v) is 4.91. The minimum absolute atomic E-state index is 0.542. The fourth-order valence-corrected chi connectivity index (χ4v) is 3.83. The average molecular weight is 368 g/mol. The van der Waals surface area contributed by atoms with Gasteiger partial charge in [-0.3, -0.25) is 0 Å². The quantitative estimate of drug-likeness (QED) is 0.744. The molecule has 0 spiro atoms. The van der Waals surface area contributed by atoms with Crippen molar-refractivity contribution in [2.24, 2.45) is 0 Å². The molecule has 1 unspecified atom stereocenters. The number of rotatable bonds is 3. The van der Waals surface area contributed by atoms with E-state index in [-0.39, 0.29) is 0 Å². The van der Waals surface area contributed by atoms with Gasteiger partial charge in [0.25, 0.3) is 0 Å². The number of thioether (sulfide) groups is 1. The van der Waals surface area contributed by atoms with Gasteiger partial charge < -0.3 is 4.74 Å². The van der Waals surface area contributed by atoms with E-state index in [1.54, 1.807) is 0 Å². The summed E-state index contributed by atoms with van der Waals surface area (Å²) in [4.78, 5) is 1.41. The summed E-state index contributed by atoms with van der Waals surface area (Å²) < 4.78 is 7.09. The average Bonchev–Trinajstić information content (AvgIpc) is 2.79. The topological polar surface area (TPSA) is 9.23 Å². The molecule has 0 N–H and O–H groups in total. The summed E-state index contributed by atoms with van der Waals surface area (Å²) >= 11 is 4.24. The Kier molecular flexibility index (Phi) is 3.80. The van der Waals surface area contributed by atoms with E-state index in [1.807, 2.05) is 23.9 Å². The third kappa shape index (κ3) is 2.83. The predicted molar refractivity (Wildman–Crippen MR) is 84.4 cm³/mol. The molecule has 2 aromatic carbocycles. The molecule has 0 fully saturated rings. The van der Waals surface area contributed by atoms with Crippen molar-refractivity contribution in [2.45, 2.75) is 16.6 Å². The standard InChI is InChI=1S/C15H13IOS/c16-12-5-3-6-13(9-12)17-10-14-8-11-4-1-2-7-15(11)18-14/h1-7,9,14H,8,10H2. The van der Waals surface area contributed by atoms with Gasteiger partial charge in [-0.15, -0.1) is 11.8 Å². The molecule has 3 heteroatoms. The fraction of sp³-hybridized carbons (Fsp3) is 0.200. The highest BCUT2D eigenvalue weighted by molar-refractivity contribution is 14.1. The molecule has 0 radical (unpaired) electrons. The molecular weight excluding hydrogens is 355 g/mol. The van der Waals surface area contributed by atoms with Gasteiger partial charge in [0.05, 0.1) is 0 Å². The van der Waals surface area contributed by atoms with Gasteiger partial charge >= 0.3 is 0 Å². The minimum Gasteiger partial charge on any atom is -0.492 e. The van der Waals surface area contributed by atoms with Crippen molar-refractivity contribution in [3.63, 3.8) is 0 Å². The van der Waals surface area contributed by atoms with Crippen molar-refractivity contribution in [2.75, 3.05) is 6.61 Å². The second-order valence-corrected chi connectivity index (χ2v) is 6.91. The van der Waals surface area contributed by atoms with Crippen LogP contribution >= 0.6 is 34.4 Å².